The summed E-state index contributed by atoms with van der Waals surface area (Å²) >= 11 is 0. The number of halogens is 3. The first-order valence-corrected chi connectivity index (χ1v) is 10.8. The maximum absolute atomic E-state index is 14.2. The molecule has 0 unspecified atom stereocenters. The molecule has 0 spiro atoms. The number of benzene rings is 3. The van der Waals surface area contributed by atoms with Crippen molar-refractivity contribution in [2.75, 3.05) is 20.3 Å². The molecule has 0 saturated carbocycles. The van der Waals surface area contributed by atoms with Gasteiger partial charge in [-0.2, -0.15) is 13.2 Å². The van der Waals surface area contributed by atoms with Gasteiger partial charge in [-0.15, -0.1) is 0 Å². The molecule has 0 saturated heterocycles. The Bertz CT molecular complexity index is 1290. The van der Waals surface area contributed by atoms with Crippen LogP contribution < -0.4 is 5.32 Å². The molecule has 4 rings (SSSR count). The maximum Gasteiger partial charge on any atom is 0.434 e. The first-order valence-electron chi connectivity index (χ1n) is 10.8. The van der Waals surface area contributed by atoms with Crippen LogP contribution in [0.1, 0.15) is 27.2 Å². The molecule has 0 fully saturated rings. The minimum absolute atomic E-state index is 0.172. The number of fused-ring (bicyclic) bond motifs is 1. The van der Waals surface area contributed by atoms with Gasteiger partial charge in [0, 0.05) is 36.7 Å². The van der Waals surface area contributed by atoms with E-state index in [4.69, 9.17) is 4.74 Å². The molecule has 0 amide bonds. The van der Waals surface area contributed by atoms with Gasteiger partial charge in [0.25, 0.3) is 0 Å². The molecule has 0 aliphatic rings. The summed E-state index contributed by atoms with van der Waals surface area (Å²) < 4.78 is 47.6. The fourth-order valence-corrected chi connectivity index (χ4v) is 3.87. The third kappa shape index (κ3) is 5.00. The molecule has 1 heterocycles. The van der Waals surface area contributed by atoms with Crippen LogP contribution in [0.4, 0.5) is 13.2 Å². The van der Waals surface area contributed by atoms with Gasteiger partial charge in [0.1, 0.15) is 0 Å². The lowest BCUT2D eigenvalue weighted by atomic mass is 9.89. The number of carbonyl (C=O) groups excluding carboxylic acids is 1. The Balaban J connectivity index is 1.90. The minimum atomic E-state index is -4.80. The Kier molecular flexibility index (Phi) is 7.05. The Labute approximate surface area is 195 Å². The summed E-state index contributed by atoms with van der Waals surface area (Å²) in [5.41, 5.74) is 0.439. The number of carbonyl (C=O) groups is 1. The molecule has 3 aromatic carbocycles. The van der Waals surface area contributed by atoms with E-state index in [0.717, 1.165) is 5.56 Å². The van der Waals surface area contributed by atoms with Gasteiger partial charge in [0.15, 0.2) is 11.5 Å². The normalized spacial score (nSPS) is 11.6. The second-order valence-corrected chi connectivity index (χ2v) is 7.79. The van der Waals surface area contributed by atoms with E-state index in [1.54, 1.807) is 55.6 Å². The van der Waals surface area contributed by atoms with E-state index < -0.39 is 23.2 Å². The van der Waals surface area contributed by atoms with Gasteiger partial charge in [0.2, 0.25) is 0 Å². The summed E-state index contributed by atoms with van der Waals surface area (Å²) in [7, 11) is 1.62. The topological polar surface area (TPSA) is 51.2 Å². The lowest BCUT2D eigenvalue weighted by Crippen LogP contribution is -2.18. The number of hydrogen-bond donors (Lipinski definition) is 1. The molecule has 1 aromatic heterocycles. The fraction of sp³-hybridized carbons (Fsp3) is 0.185. The number of alkyl halides is 3. The second-order valence-electron chi connectivity index (χ2n) is 7.79. The van der Waals surface area contributed by atoms with Gasteiger partial charge in [-0.3, -0.25) is 4.79 Å². The predicted octanol–water partition coefficient (Wildman–Crippen LogP) is 5.89. The van der Waals surface area contributed by atoms with Crippen LogP contribution in [0.3, 0.4) is 0 Å². The van der Waals surface area contributed by atoms with Crippen molar-refractivity contribution in [2.45, 2.75) is 12.7 Å². The molecule has 0 bridgehead atoms. The molecular weight excluding hydrogens is 441 g/mol. The average molecular weight is 464 g/mol. The number of ether oxygens (including phenoxy) is 1. The summed E-state index contributed by atoms with van der Waals surface area (Å²) in [4.78, 5) is 17.3. The zero-order chi connectivity index (χ0) is 24.1. The standard InChI is InChI=1S/C27H23F3N2O2/c1-34-16-15-31-17-18-11-13-19(14-12-18)23-21-9-5-6-10-22(21)32-26(27(28,29)30)24(23)25(33)20-7-3-2-4-8-20/h2-14,31H,15-17H2,1H3. The largest absolute Gasteiger partial charge is 0.434 e. The van der Waals surface area contributed by atoms with Gasteiger partial charge in [-0.25, -0.2) is 4.98 Å². The first-order chi connectivity index (χ1) is 16.4. The van der Waals surface area contributed by atoms with Crippen LogP contribution in [0.5, 0.6) is 0 Å². The lowest BCUT2D eigenvalue weighted by Gasteiger charge is -2.19. The van der Waals surface area contributed by atoms with Crippen LogP contribution in [0.15, 0.2) is 78.9 Å². The Hall–Kier alpha value is -3.55. The molecule has 1 N–H and O–H groups in total. The lowest BCUT2D eigenvalue weighted by molar-refractivity contribution is -0.141. The maximum atomic E-state index is 14.2. The number of para-hydroxylation sites is 1. The number of methoxy groups -OCH3 is 1. The van der Waals surface area contributed by atoms with Crippen molar-refractivity contribution in [2.24, 2.45) is 0 Å². The fourth-order valence-electron chi connectivity index (χ4n) is 3.87. The molecule has 0 radical (unpaired) electrons. The summed E-state index contributed by atoms with van der Waals surface area (Å²) in [5.74, 6) is -0.716. The predicted molar refractivity (Wildman–Crippen MR) is 126 cm³/mol. The molecule has 4 nitrogen and oxygen atoms in total. The summed E-state index contributed by atoms with van der Waals surface area (Å²) in [6.45, 7) is 1.84. The quantitative estimate of drug-likeness (QED) is 0.261. The van der Waals surface area contributed by atoms with E-state index in [1.165, 1.54) is 18.2 Å². The number of hydrogen-bond acceptors (Lipinski definition) is 4. The van der Waals surface area contributed by atoms with Gasteiger partial charge in [0.05, 0.1) is 17.7 Å². The van der Waals surface area contributed by atoms with E-state index in [0.29, 0.717) is 30.6 Å². The van der Waals surface area contributed by atoms with Gasteiger partial charge in [-0.1, -0.05) is 72.8 Å². The highest BCUT2D eigenvalue weighted by Gasteiger charge is 2.39. The Morgan fingerprint density at radius 2 is 1.62 bits per heavy atom. The molecule has 0 aliphatic carbocycles. The van der Waals surface area contributed by atoms with Crippen molar-refractivity contribution in [1.29, 1.82) is 0 Å². The Morgan fingerprint density at radius 3 is 2.29 bits per heavy atom. The molecule has 174 valence electrons. The molecule has 34 heavy (non-hydrogen) atoms. The van der Waals surface area contributed by atoms with Crippen LogP contribution in [-0.2, 0) is 17.5 Å². The van der Waals surface area contributed by atoms with Crippen LogP contribution >= 0.6 is 0 Å². The number of pyridine rings is 1. The number of rotatable bonds is 8. The van der Waals surface area contributed by atoms with Crippen molar-refractivity contribution >= 4 is 16.7 Å². The molecule has 7 heteroatoms. The van der Waals surface area contributed by atoms with Crippen molar-refractivity contribution in [3.05, 3.63) is 101 Å². The highest BCUT2D eigenvalue weighted by Crippen LogP contribution is 2.40. The number of aromatic nitrogens is 1. The average Bonchev–Trinajstić information content (AvgIpc) is 2.85. The summed E-state index contributed by atoms with van der Waals surface area (Å²) in [6, 6.07) is 21.7. The van der Waals surface area contributed by atoms with Gasteiger partial charge < -0.3 is 10.1 Å². The Morgan fingerprint density at radius 1 is 0.941 bits per heavy atom. The molecule has 0 atom stereocenters. The SMILES string of the molecule is COCCNCc1ccc(-c2c(C(=O)c3ccccc3)c(C(F)(F)F)nc3ccccc23)cc1. The number of ketones is 1. The zero-order valence-electron chi connectivity index (χ0n) is 18.5. The van der Waals surface area contributed by atoms with Crippen LogP contribution in [0, 0.1) is 0 Å². The second kappa shape index (κ2) is 10.2. The van der Waals surface area contributed by atoms with E-state index in [1.807, 2.05) is 12.1 Å². The highest BCUT2D eigenvalue weighted by atomic mass is 19.4. The van der Waals surface area contributed by atoms with Crippen molar-refractivity contribution in [3.8, 4) is 11.1 Å². The van der Waals surface area contributed by atoms with Crippen molar-refractivity contribution in [3.63, 3.8) is 0 Å². The highest BCUT2D eigenvalue weighted by molar-refractivity contribution is 6.17. The van der Waals surface area contributed by atoms with Crippen molar-refractivity contribution in [1.82, 2.24) is 10.3 Å². The van der Waals surface area contributed by atoms with Crippen LogP contribution in [-0.4, -0.2) is 31.0 Å². The van der Waals surface area contributed by atoms with Crippen LogP contribution in [0.25, 0.3) is 22.0 Å². The number of nitrogens with zero attached hydrogens (tertiary/aromatic N) is 1. The van der Waals surface area contributed by atoms with E-state index in [2.05, 4.69) is 10.3 Å². The molecular formula is C27H23F3N2O2. The third-order valence-corrected chi connectivity index (χ3v) is 5.48. The molecule has 0 aliphatic heterocycles. The van der Waals surface area contributed by atoms with Gasteiger partial charge in [-0.05, 0) is 17.2 Å². The van der Waals surface area contributed by atoms with Crippen LogP contribution in [0.2, 0.25) is 0 Å². The number of nitrogens with one attached hydrogen (secondary N) is 1. The molecule has 4 aromatic rings. The summed E-state index contributed by atoms with van der Waals surface area (Å²) in [5, 5.41) is 3.72. The zero-order valence-corrected chi connectivity index (χ0v) is 18.5. The third-order valence-electron chi connectivity index (χ3n) is 5.48. The monoisotopic (exact) mass is 464 g/mol. The minimum Gasteiger partial charge on any atom is -0.383 e. The van der Waals surface area contributed by atoms with E-state index >= 15 is 0 Å². The van der Waals surface area contributed by atoms with Crippen molar-refractivity contribution < 1.29 is 22.7 Å². The van der Waals surface area contributed by atoms with E-state index in [9.17, 15) is 18.0 Å². The van der Waals surface area contributed by atoms with E-state index in [-0.39, 0.29) is 16.6 Å². The first kappa shape index (κ1) is 23.6. The van der Waals surface area contributed by atoms with Gasteiger partial charge >= 0.3 is 6.18 Å². The smallest absolute Gasteiger partial charge is 0.383 e. The summed E-state index contributed by atoms with van der Waals surface area (Å²) in [6.07, 6.45) is -4.80.